The van der Waals surface area contributed by atoms with Gasteiger partial charge in [0.2, 0.25) is 0 Å². The Bertz CT molecular complexity index is 1240. The highest BCUT2D eigenvalue weighted by Gasteiger charge is 2.42. The van der Waals surface area contributed by atoms with Gasteiger partial charge in [-0.1, -0.05) is 86.6 Å². The fourth-order valence-corrected chi connectivity index (χ4v) is 5.73. The number of rotatable bonds is 0. The maximum absolute atomic E-state index is 2.45. The van der Waals surface area contributed by atoms with Crippen LogP contribution >= 0.6 is 0 Å². The van der Waals surface area contributed by atoms with Crippen LogP contribution in [0.3, 0.4) is 0 Å². The largest absolute Gasteiger partial charge is 0.345 e. The molecule has 0 saturated heterocycles. The highest BCUT2D eigenvalue weighted by Crippen LogP contribution is 2.41. The summed E-state index contributed by atoms with van der Waals surface area (Å²) in [5.41, 5.74) is 14.1. The number of hydrogen-bond donors (Lipinski definition) is 0. The highest BCUT2D eigenvalue weighted by molar-refractivity contribution is 7.00. The Labute approximate surface area is 213 Å². The molecule has 0 bridgehead atoms. The van der Waals surface area contributed by atoms with Crippen molar-refractivity contribution in [1.29, 1.82) is 0 Å². The second-order valence-corrected chi connectivity index (χ2v) is 13.8. The molecule has 3 heteroatoms. The van der Waals surface area contributed by atoms with Crippen molar-refractivity contribution in [3.05, 3.63) is 65.2 Å². The van der Waals surface area contributed by atoms with Gasteiger partial charge in [0.15, 0.2) is 0 Å². The van der Waals surface area contributed by atoms with Crippen molar-refractivity contribution < 1.29 is 0 Å². The molecule has 0 spiro atoms. The molecule has 2 aliphatic rings. The number of fused-ring (bicyclic) bond motifs is 4. The van der Waals surface area contributed by atoms with Crippen molar-refractivity contribution in [3.63, 3.8) is 0 Å². The van der Waals surface area contributed by atoms with Gasteiger partial charge >= 0.3 is 0 Å². The van der Waals surface area contributed by atoms with E-state index in [4.69, 9.17) is 0 Å². The molecule has 2 nitrogen and oxygen atoms in total. The zero-order valence-corrected chi connectivity index (χ0v) is 23.6. The molecule has 3 aromatic carbocycles. The Hall–Kier alpha value is -2.68. The molecule has 3 aromatic rings. The number of benzene rings is 3. The Morgan fingerprint density at radius 2 is 0.829 bits per heavy atom. The van der Waals surface area contributed by atoms with Crippen molar-refractivity contribution >= 4 is 45.9 Å². The first-order chi connectivity index (χ1) is 16.1. The molecular weight excluding hydrogens is 423 g/mol. The summed E-state index contributed by atoms with van der Waals surface area (Å²) in [6.45, 7) is 21.0. The summed E-state index contributed by atoms with van der Waals surface area (Å²) < 4.78 is 0. The third kappa shape index (κ3) is 3.70. The summed E-state index contributed by atoms with van der Waals surface area (Å²) in [5.74, 6) is 0. The minimum absolute atomic E-state index is 0.0732. The Morgan fingerprint density at radius 3 is 1.17 bits per heavy atom. The standard InChI is InChI=1S/C32H41BN2/c1-30(2,3)20-12-14-23-25(16-20)34(10)27-18-22(32(7,8)9)19-28-29(27)33(23)24-15-13-21(31(4,5)6)17-26(24)35(28)11/h12-19H,1-11H3. The van der Waals surface area contributed by atoms with Gasteiger partial charge in [0.1, 0.15) is 0 Å². The first-order valence-corrected chi connectivity index (χ1v) is 13.0. The summed E-state index contributed by atoms with van der Waals surface area (Å²) in [4.78, 5) is 4.88. The van der Waals surface area contributed by atoms with Gasteiger partial charge in [-0.05, 0) is 73.6 Å². The lowest BCUT2D eigenvalue weighted by atomic mass is 9.33. The van der Waals surface area contributed by atoms with E-state index in [-0.39, 0.29) is 23.0 Å². The Kier molecular flexibility index (Phi) is 5.09. The monoisotopic (exact) mass is 464 g/mol. The van der Waals surface area contributed by atoms with Gasteiger partial charge in [-0.15, -0.1) is 0 Å². The SMILES string of the molecule is CN1c2cc(C(C)(C)C)ccc2B2c3ccc(C(C)(C)C)cc3N(C)c3cc(C(C)(C)C)cc1c32. The van der Waals surface area contributed by atoms with Crippen LogP contribution in [0.5, 0.6) is 0 Å². The molecule has 0 fully saturated rings. The Balaban J connectivity index is 1.85. The van der Waals surface area contributed by atoms with E-state index in [9.17, 15) is 0 Å². The normalized spacial score (nSPS) is 15.1. The van der Waals surface area contributed by atoms with Crippen LogP contribution in [0.1, 0.15) is 79.0 Å². The van der Waals surface area contributed by atoms with Crippen LogP contribution < -0.4 is 26.2 Å². The second-order valence-electron chi connectivity index (χ2n) is 13.8. The fourth-order valence-electron chi connectivity index (χ4n) is 5.73. The van der Waals surface area contributed by atoms with E-state index in [1.54, 1.807) is 0 Å². The summed E-state index contributed by atoms with van der Waals surface area (Å²) in [6.07, 6.45) is 0. The van der Waals surface area contributed by atoms with Crippen LogP contribution in [-0.4, -0.2) is 20.8 Å². The van der Waals surface area contributed by atoms with Crippen LogP contribution in [0.4, 0.5) is 22.7 Å². The highest BCUT2D eigenvalue weighted by atomic mass is 15.1. The van der Waals surface area contributed by atoms with Crippen molar-refractivity contribution in [3.8, 4) is 0 Å². The topological polar surface area (TPSA) is 6.48 Å². The third-order valence-electron chi connectivity index (χ3n) is 8.15. The summed E-state index contributed by atoms with van der Waals surface area (Å²) in [7, 11) is 4.50. The van der Waals surface area contributed by atoms with Crippen molar-refractivity contribution in [2.45, 2.75) is 78.6 Å². The van der Waals surface area contributed by atoms with Crippen molar-refractivity contribution in [1.82, 2.24) is 0 Å². The minimum atomic E-state index is 0.0732. The van der Waals surface area contributed by atoms with E-state index in [1.807, 2.05) is 0 Å². The van der Waals surface area contributed by atoms with Gasteiger partial charge < -0.3 is 9.80 Å². The van der Waals surface area contributed by atoms with Gasteiger partial charge in [-0.25, -0.2) is 0 Å². The molecule has 0 radical (unpaired) electrons. The molecule has 0 unspecified atom stereocenters. The van der Waals surface area contributed by atoms with Crippen molar-refractivity contribution in [2.24, 2.45) is 0 Å². The van der Waals surface area contributed by atoms with Gasteiger partial charge in [0, 0.05) is 36.8 Å². The molecule has 5 rings (SSSR count). The van der Waals surface area contributed by atoms with Gasteiger partial charge in [-0.2, -0.15) is 0 Å². The molecule has 2 aliphatic heterocycles. The smallest absolute Gasteiger partial charge is 0.252 e. The fraction of sp³-hybridized carbons (Fsp3) is 0.438. The predicted octanol–water partition coefficient (Wildman–Crippen LogP) is 6.26. The first-order valence-electron chi connectivity index (χ1n) is 13.0. The number of anilines is 4. The summed E-state index contributed by atoms with van der Waals surface area (Å²) in [6, 6.07) is 19.3. The van der Waals surface area contributed by atoms with E-state index in [0.29, 0.717) is 0 Å². The summed E-state index contributed by atoms with van der Waals surface area (Å²) in [5, 5.41) is 0. The maximum atomic E-state index is 2.45. The quantitative estimate of drug-likeness (QED) is 0.363. The van der Waals surface area contributed by atoms with E-state index >= 15 is 0 Å². The molecule has 0 aromatic heterocycles. The molecule has 0 N–H and O–H groups in total. The van der Waals surface area contributed by atoms with Crippen molar-refractivity contribution in [2.75, 3.05) is 23.9 Å². The zero-order valence-electron chi connectivity index (χ0n) is 23.6. The lowest BCUT2D eigenvalue weighted by Crippen LogP contribution is -2.61. The molecule has 182 valence electrons. The average Bonchev–Trinajstić information content (AvgIpc) is 2.75. The van der Waals surface area contributed by atoms with E-state index in [2.05, 4.69) is 135 Å². The predicted molar refractivity (Wildman–Crippen MR) is 156 cm³/mol. The van der Waals surface area contributed by atoms with Crippen LogP contribution in [0, 0.1) is 0 Å². The lowest BCUT2D eigenvalue weighted by molar-refractivity contribution is 0.590. The third-order valence-corrected chi connectivity index (χ3v) is 8.15. The average molecular weight is 465 g/mol. The molecule has 0 aliphatic carbocycles. The number of nitrogens with zero attached hydrogens (tertiary/aromatic N) is 2. The van der Waals surface area contributed by atoms with Crippen LogP contribution in [0.15, 0.2) is 48.5 Å². The van der Waals surface area contributed by atoms with Crippen LogP contribution in [0.2, 0.25) is 0 Å². The molecular formula is C32H41BN2. The van der Waals surface area contributed by atoms with Gasteiger partial charge in [0.25, 0.3) is 6.71 Å². The van der Waals surface area contributed by atoms with Gasteiger partial charge in [-0.3, -0.25) is 0 Å². The summed E-state index contributed by atoms with van der Waals surface area (Å²) >= 11 is 0. The van der Waals surface area contributed by atoms with E-state index < -0.39 is 0 Å². The molecule has 0 atom stereocenters. The maximum Gasteiger partial charge on any atom is 0.252 e. The molecule has 35 heavy (non-hydrogen) atoms. The van der Waals surface area contributed by atoms with E-state index in [0.717, 1.165) is 0 Å². The Morgan fingerprint density at radius 1 is 0.486 bits per heavy atom. The molecule has 0 amide bonds. The molecule has 2 heterocycles. The minimum Gasteiger partial charge on any atom is -0.345 e. The van der Waals surface area contributed by atoms with Gasteiger partial charge in [0.05, 0.1) is 0 Å². The molecule has 0 saturated carbocycles. The first kappa shape index (κ1) is 24.0. The lowest BCUT2D eigenvalue weighted by Gasteiger charge is -2.43. The van der Waals surface area contributed by atoms with E-state index in [1.165, 1.54) is 55.8 Å². The second kappa shape index (κ2) is 7.42. The van der Waals surface area contributed by atoms with Crippen LogP contribution in [0.25, 0.3) is 0 Å². The van der Waals surface area contributed by atoms with Crippen LogP contribution in [-0.2, 0) is 16.2 Å². The number of hydrogen-bond acceptors (Lipinski definition) is 2. The zero-order chi connectivity index (χ0) is 25.7.